The van der Waals surface area contributed by atoms with Crippen LogP contribution >= 0.6 is 0 Å². The number of aryl methyl sites for hydroxylation is 1. The van der Waals surface area contributed by atoms with Crippen molar-refractivity contribution in [2.24, 2.45) is 0 Å². The first-order valence-corrected chi connectivity index (χ1v) is 6.73. The van der Waals surface area contributed by atoms with Gasteiger partial charge in [-0.25, -0.2) is 0 Å². The van der Waals surface area contributed by atoms with Gasteiger partial charge in [0.15, 0.2) is 0 Å². The van der Waals surface area contributed by atoms with Gasteiger partial charge in [-0.1, -0.05) is 17.7 Å². The fourth-order valence-electron chi connectivity index (χ4n) is 1.06. The van der Waals surface area contributed by atoms with Gasteiger partial charge in [-0.3, -0.25) is 9.87 Å². The lowest BCUT2D eigenvalue weighted by atomic mass is 10.2. The summed E-state index contributed by atoms with van der Waals surface area (Å²) in [6, 6.07) is 5.99. The fourth-order valence-corrected chi connectivity index (χ4v) is 1.54. The second-order valence-electron chi connectivity index (χ2n) is 3.81. The summed E-state index contributed by atoms with van der Waals surface area (Å²) in [4.78, 5) is -0.0666. The van der Waals surface area contributed by atoms with Gasteiger partial charge >= 0.3 is 0 Å². The first-order chi connectivity index (χ1) is 8.12. The quantitative estimate of drug-likeness (QED) is 0.473. The molecule has 4 N–H and O–H groups in total. The van der Waals surface area contributed by atoms with Crippen LogP contribution < -0.4 is 5.32 Å². The SMILES string of the molecule is CC(O)NC(C)O.Cc1ccc(S(=O)(=O)O)cc1. The third-order valence-corrected chi connectivity index (χ3v) is 2.67. The molecule has 2 unspecified atom stereocenters. The molecule has 0 aliphatic heterocycles. The highest BCUT2D eigenvalue weighted by Gasteiger charge is 2.06. The molecule has 18 heavy (non-hydrogen) atoms. The molecular formula is C11H19NO5S. The van der Waals surface area contributed by atoms with Crippen LogP contribution in [0.3, 0.4) is 0 Å². The van der Waals surface area contributed by atoms with E-state index >= 15 is 0 Å². The zero-order valence-electron chi connectivity index (χ0n) is 10.5. The molecule has 104 valence electrons. The van der Waals surface area contributed by atoms with Crippen molar-refractivity contribution in [2.45, 2.75) is 38.1 Å². The average molecular weight is 277 g/mol. The van der Waals surface area contributed by atoms with Gasteiger partial charge in [0.1, 0.15) is 12.5 Å². The van der Waals surface area contributed by atoms with E-state index < -0.39 is 22.6 Å². The number of hydrogen-bond donors (Lipinski definition) is 4. The molecule has 1 aromatic rings. The molecule has 2 atom stereocenters. The van der Waals surface area contributed by atoms with Crippen molar-refractivity contribution < 1.29 is 23.2 Å². The van der Waals surface area contributed by atoms with Gasteiger partial charge in [-0.2, -0.15) is 8.42 Å². The Labute approximate surface area is 107 Å². The molecule has 0 aromatic heterocycles. The van der Waals surface area contributed by atoms with E-state index in [1.807, 2.05) is 6.92 Å². The largest absolute Gasteiger partial charge is 0.379 e. The lowest BCUT2D eigenvalue weighted by Gasteiger charge is -2.08. The number of rotatable bonds is 3. The Balaban J connectivity index is 0.000000360. The second kappa shape index (κ2) is 7.45. The van der Waals surface area contributed by atoms with Crippen LogP contribution in [0.15, 0.2) is 29.2 Å². The fraction of sp³-hybridized carbons (Fsp3) is 0.455. The molecule has 0 bridgehead atoms. The van der Waals surface area contributed by atoms with E-state index in [0.29, 0.717) is 0 Å². The highest BCUT2D eigenvalue weighted by molar-refractivity contribution is 7.85. The van der Waals surface area contributed by atoms with Gasteiger partial charge in [0.05, 0.1) is 4.90 Å². The first-order valence-electron chi connectivity index (χ1n) is 5.29. The van der Waals surface area contributed by atoms with E-state index in [-0.39, 0.29) is 4.90 Å². The molecule has 0 saturated heterocycles. The Kier molecular flexibility index (Phi) is 7.04. The van der Waals surface area contributed by atoms with Crippen LogP contribution in [0.25, 0.3) is 0 Å². The molecule has 0 amide bonds. The second-order valence-corrected chi connectivity index (χ2v) is 5.23. The van der Waals surface area contributed by atoms with E-state index in [1.54, 1.807) is 26.0 Å². The summed E-state index contributed by atoms with van der Waals surface area (Å²) in [5.41, 5.74) is 0.956. The predicted molar refractivity (Wildman–Crippen MR) is 67.5 cm³/mol. The standard InChI is InChI=1S/C7H8O3S.C4H11NO2/c1-6-2-4-7(5-3-6)11(8,9)10;1-3(6)5-4(2)7/h2-5H,1H3,(H,8,9,10);3-7H,1-2H3. The number of aliphatic hydroxyl groups is 2. The van der Waals surface area contributed by atoms with E-state index in [1.165, 1.54) is 12.1 Å². The number of benzene rings is 1. The van der Waals surface area contributed by atoms with Crippen molar-refractivity contribution in [1.82, 2.24) is 5.32 Å². The highest BCUT2D eigenvalue weighted by Crippen LogP contribution is 2.08. The summed E-state index contributed by atoms with van der Waals surface area (Å²) in [6.07, 6.45) is -1.25. The first kappa shape index (κ1) is 17.0. The van der Waals surface area contributed by atoms with Gasteiger partial charge in [0.2, 0.25) is 0 Å². The lowest BCUT2D eigenvalue weighted by Crippen LogP contribution is -2.33. The molecule has 0 heterocycles. The van der Waals surface area contributed by atoms with Crippen molar-refractivity contribution in [3.8, 4) is 0 Å². The van der Waals surface area contributed by atoms with Crippen molar-refractivity contribution in [3.63, 3.8) is 0 Å². The Bertz CT molecular complexity index is 433. The zero-order chi connectivity index (χ0) is 14.3. The molecule has 1 aromatic carbocycles. The number of nitrogens with one attached hydrogen (secondary N) is 1. The number of hydrogen-bond acceptors (Lipinski definition) is 5. The molecule has 6 nitrogen and oxygen atoms in total. The Hall–Kier alpha value is -0.990. The number of aliphatic hydroxyl groups excluding tert-OH is 2. The molecule has 0 aliphatic rings. The van der Waals surface area contributed by atoms with E-state index in [2.05, 4.69) is 5.32 Å². The molecule has 0 radical (unpaired) electrons. The normalized spacial score (nSPS) is 14.3. The van der Waals surface area contributed by atoms with Crippen LogP contribution in [0.5, 0.6) is 0 Å². The molecule has 1 rings (SSSR count). The summed E-state index contributed by atoms with van der Waals surface area (Å²) in [6.45, 7) is 4.94. The maximum atomic E-state index is 10.5. The summed E-state index contributed by atoms with van der Waals surface area (Å²) >= 11 is 0. The summed E-state index contributed by atoms with van der Waals surface area (Å²) in [5, 5.41) is 19.3. The predicted octanol–water partition coefficient (Wildman–Crippen LogP) is 0.494. The minimum Gasteiger partial charge on any atom is -0.379 e. The van der Waals surface area contributed by atoms with Gasteiger partial charge in [-0.05, 0) is 32.9 Å². The van der Waals surface area contributed by atoms with Crippen LogP contribution in [-0.2, 0) is 10.1 Å². The van der Waals surface area contributed by atoms with Crippen LogP contribution in [0.4, 0.5) is 0 Å². The topological polar surface area (TPSA) is 107 Å². The van der Waals surface area contributed by atoms with Gasteiger partial charge in [0, 0.05) is 0 Å². The van der Waals surface area contributed by atoms with Crippen molar-refractivity contribution in [3.05, 3.63) is 29.8 Å². The Morgan fingerprint density at radius 3 is 1.67 bits per heavy atom. The minimum atomic E-state index is -4.02. The van der Waals surface area contributed by atoms with Crippen LogP contribution in [0.1, 0.15) is 19.4 Å². The monoisotopic (exact) mass is 277 g/mol. The van der Waals surface area contributed by atoms with Gasteiger partial charge in [0.25, 0.3) is 10.1 Å². The van der Waals surface area contributed by atoms with E-state index in [0.717, 1.165) is 5.56 Å². The average Bonchev–Trinajstić information content (AvgIpc) is 2.15. The molecule has 0 aliphatic carbocycles. The summed E-state index contributed by atoms with van der Waals surface area (Å²) in [5.74, 6) is 0. The highest BCUT2D eigenvalue weighted by atomic mass is 32.2. The van der Waals surface area contributed by atoms with E-state index in [9.17, 15) is 8.42 Å². The van der Waals surface area contributed by atoms with Crippen LogP contribution in [-0.4, -0.2) is 35.6 Å². The molecule has 0 fully saturated rings. The smallest absolute Gasteiger partial charge is 0.294 e. The lowest BCUT2D eigenvalue weighted by molar-refractivity contribution is 0.0632. The van der Waals surface area contributed by atoms with Crippen molar-refractivity contribution >= 4 is 10.1 Å². The maximum absolute atomic E-state index is 10.5. The molecule has 0 spiro atoms. The minimum absolute atomic E-state index is 0.0666. The third-order valence-electron chi connectivity index (χ3n) is 1.80. The third kappa shape index (κ3) is 8.15. The van der Waals surface area contributed by atoms with Crippen molar-refractivity contribution in [2.75, 3.05) is 0 Å². The van der Waals surface area contributed by atoms with Gasteiger partial charge in [-0.15, -0.1) is 0 Å². The summed E-state index contributed by atoms with van der Waals surface area (Å²) < 4.78 is 29.6. The molecule has 0 saturated carbocycles. The molecule has 7 heteroatoms. The maximum Gasteiger partial charge on any atom is 0.294 e. The van der Waals surface area contributed by atoms with E-state index in [4.69, 9.17) is 14.8 Å². The van der Waals surface area contributed by atoms with Crippen molar-refractivity contribution in [1.29, 1.82) is 0 Å². The summed E-state index contributed by atoms with van der Waals surface area (Å²) in [7, 11) is -4.02. The zero-order valence-corrected chi connectivity index (χ0v) is 11.3. The van der Waals surface area contributed by atoms with Crippen LogP contribution in [0.2, 0.25) is 0 Å². The molecular weight excluding hydrogens is 258 g/mol. The Morgan fingerprint density at radius 2 is 1.44 bits per heavy atom. The van der Waals surface area contributed by atoms with Gasteiger partial charge < -0.3 is 10.2 Å². The van der Waals surface area contributed by atoms with Crippen LogP contribution in [0, 0.1) is 6.92 Å². The Morgan fingerprint density at radius 1 is 1.06 bits per heavy atom.